The highest BCUT2D eigenvalue weighted by molar-refractivity contribution is 7.13. The molecule has 2 aromatic heterocycles. The molecule has 2 heterocycles. The summed E-state index contributed by atoms with van der Waals surface area (Å²) in [4.78, 5) is 17.3. The van der Waals surface area contributed by atoms with Crippen molar-refractivity contribution in [3.05, 3.63) is 28.7 Å². The van der Waals surface area contributed by atoms with Crippen LogP contribution in [0.2, 0.25) is 0 Å². The molecule has 0 amide bonds. The van der Waals surface area contributed by atoms with Crippen LogP contribution in [0, 0.1) is 0 Å². The minimum Gasteiger partial charge on any atom is -0.268 e. The standard InChI is InChI=1S/C12H14N2OS/c15-12-10-7-4-8-13-11(10)16-14(12)9-5-2-1-3-6-9/h4,7-9H,1-3,5-6H2. The SMILES string of the molecule is O=c1c2cccnc2sn1C1CCCCC1. The van der Waals surface area contributed by atoms with Crippen molar-refractivity contribution in [3.63, 3.8) is 0 Å². The maximum atomic E-state index is 12.2. The zero-order valence-corrected chi connectivity index (χ0v) is 9.87. The molecule has 2 aromatic rings. The first-order valence-electron chi connectivity index (χ1n) is 5.83. The Hall–Kier alpha value is -1.16. The van der Waals surface area contributed by atoms with Crippen LogP contribution in [0.25, 0.3) is 10.2 Å². The second-order valence-corrected chi connectivity index (χ2v) is 5.33. The lowest BCUT2D eigenvalue weighted by Gasteiger charge is -2.21. The van der Waals surface area contributed by atoms with Crippen LogP contribution in [0.4, 0.5) is 0 Å². The molecular formula is C12H14N2OS. The Balaban J connectivity index is 2.09. The summed E-state index contributed by atoms with van der Waals surface area (Å²) in [5, 5.41) is 0.776. The molecule has 0 aliphatic heterocycles. The molecule has 3 nitrogen and oxygen atoms in total. The highest BCUT2D eigenvalue weighted by atomic mass is 32.1. The summed E-state index contributed by atoms with van der Waals surface area (Å²) in [6, 6.07) is 4.13. The first-order chi connectivity index (χ1) is 7.86. The van der Waals surface area contributed by atoms with E-state index in [9.17, 15) is 4.79 Å². The molecule has 0 atom stereocenters. The summed E-state index contributed by atoms with van der Waals surface area (Å²) < 4.78 is 1.94. The van der Waals surface area contributed by atoms with E-state index in [1.54, 1.807) is 6.20 Å². The predicted molar refractivity (Wildman–Crippen MR) is 66.0 cm³/mol. The van der Waals surface area contributed by atoms with Crippen molar-refractivity contribution in [1.82, 2.24) is 8.94 Å². The zero-order valence-electron chi connectivity index (χ0n) is 9.06. The Morgan fingerprint density at radius 2 is 2.12 bits per heavy atom. The molecule has 84 valence electrons. The molecule has 1 aliphatic rings. The fourth-order valence-corrected chi connectivity index (χ4v) is 3.52. The minimum absolute atomic E-state index is 0.153. The second kappa shape index (κ2) is 4.01. The number of hydrogen-bond acceptors (Lipinski definition) is 3. The van der Waals surface area contributed by atoms with Gasteiger partial charge in [0.15, 0.2) is 0 Å². The van der Waals surface area contributed by atoms with Gasteiger partial charge in [0.05, 0.1) is 5.39 Å². The second-order valence-electron chi connectivity index (χ2n) is 4.37. The summed E-state index contributed by atoms with van der Waals surface area (Å²) in [6.07, 6.45) is 7.86. The normalized spacial score (nSPS) is 18.0. The molecule has 0 unspecified atom stereocenters. The van der Waals surface area contributed by atoms with Crippen LogP contribution in [-0.2, 0) is 0 Å². The van der Waals surface area contributed by atoms with Crippen LogP contribution in [0.3, 0.4) is 0 Å². The molecule has 0 spiro atoms. The van der Waals surface area contributed by atoms with Gasteiger partial charge in [0.25, 0.3) is 5.56 Å². The van der Waals surface area contributed by atoms with Crippen molar-refractivity contribution in [2.75, 3.05) is 0 Å². The fraction of sp³-hybridized carbons (Fsp3) is 0.500. The molecule has 1 aliphatic carbocycles. The summed E-state index contributed by atoms with van der Waals surface area (Å²) in [5.74, 6) is 0. The molecular weight excluding hydrogens is 220 g/mol. The minimum atomic E-state index is 0.153. The van der Waals surface area contributed by atoms with Gasteiger partial charge < -0.3 is 0 Å². The van der Waals surface area contributed by atoms with Crippen molar-refractivity contribution in [2.24, 2.45) is 0 Å². The lowest BCUT2D eigenvalue weighted by molar-refractivity contribution is 0.366. The highest BCUT2D eigenvalue weighted by Crippen LogP contribution is 2.29. The monoisotopic (exact) mass is 234 g/mol. The number of hydrogen-bond donors (Lipinski definition) is 0. The molecule has 1 saturated carbocycles. The van der Waals surface area contributed by atoms with Crippen molar-refractivity contribution >= 4 is 21.7 Å². The molecule has 3 rings (SSSR count). The Kier molecular flexibility index (Phi) is 2.52. The Morgan fingerprint density at radius 1 is 1.31 bits per heavy atom. The number of fused-ring (bicyclic) bond motifs is 1. The average molecular weight is 234 g/mol. The van der Waals surface area contributed by atoms with Gasteiger partial charge in [-0.05, 0) is 36.5 Å². The maximum Gasteiger partial charge on any atom is 0.270 e. The van der Waals surface area contributed by atoms with E-state index >= 15 is 0 Å². The van der Waals surface area contributed by atoms with Gasteiger partial charge in [-0.25, -0.2) is 4.98 Å². The van der Waals surface area contributed by atoms with Crippen molar-refractivity contribution in [3.8, 4) is 0 Å². The summed E-state index contributed by atoms with van der Waals surface area (Å²) in [5.41, 5.74) is 0.153. The lowest BCUT2D eigenvalue weighted by atomic mass is 9.96. The van der Waals surface area contributed by atoms with E-state index in [1.165, 1.54) is 30.8 Å². The van der Waals surface area contributed by atoms with Gasteiger partial charge in [-0.1, -0.05) is 19.3 Å². The van der Waals surface area contributed by atoms with E-state index in [-0.39, 0.29) is 5.56 Å². The molecule has 16 heavy (non-hydrogen) atoms. The molecule has 0 N–H and O–H groups in total. The fourth-order valence-electron chi connectivity index (χ4n) is 2.44. The lowest BCUT2D eigenvalue weighted by Crippen LogP contribution is -2.21. The third-order valence-electron chi connectivity index (χ3n) is 3.29. The first-order valence-corrected chi connectivity index (χ1v) is 6.60. The molecule has 0 radical (unpaired) electrons. The number of pyridine rings is 1. The van der Waals surface area contributed by atoms with Gasteiger partial charge in [-0.3, -0.25) is 8.75 Å². The number of nitrogens with zero attached hydrogens (tertiary/aromatic N) is 2. The Morgan fingerprint density at radius 3 is 2.88 bits per heavy atom. The zero-order chi connectivity index (χ0) is 11.0. The van der Waals surface area contributed by atoms with E-state index in [0.717, 1.165) is 23.1 Å². The highest BCUT2D eigenvalue weighted by Gasteiger charge is 2.19. The van der Waals surface area contributed by atoms with Gasteiger partial charge in [0, 0.05) is 12.2 Å². The molecule has 4 heteroatoms. The van der Waals surface area contributed by atoms with Crippen LogP contribution in [0.5, 0.6) is 0 Å². The largest absolute Gasteiger partial charge is 0.270 e. The van der Waals surface area contributed by atoms with Gasteiger partial charge in [0.2, 0.25) is 0 Å². The van der Waals surface area contributed by atoms with Crippen LogP contribution in [0.15, 0.2) is 23.1 Å². The Labute approximate surface area is 97.9 Å². The van der Waals surface area contributed by atoms with Crippen LogP contribution < -0.4 is 5.56 Å². The quantitative estimate of drug-likeness (QED) is 0.760. The summed E-state index contributed by atoms with van der Waals surface area (Å²) in [7, 11) is 0. The van der Waals surface area contributed by atoms with Gasteiger partial charge in [-0.2, -0.15) is 0 Å². The number of aromatic nitrogens is 2. The topological polar surface area (TPSA) is 34.9 Å². The molecule has 0 bridgehead atoms. The first kappa shape index (κ1) is 10.0. The molecule has 0 aromatic carbocycles. The average Bonchev–Trinajstić information content (AvgIpc) is 2.69. The predicted octanol–water partition coefficient (Wildman–Crippen LogP) is 2.96. The van der Waals surface area contributed by atoms with Gasteiger partial charge in [-0.15, -0.1) is 0 Å². The summed E-state index contributed by atoms with van der Waals surface area (Å²) >= 11 is 1.52. The van der Waals surface area contributed by atoms with E-state index in [1.807, 2.05) is 16.1 Å². The van der Waals surface area contributed by atoms with Gasteiger partial charge >= 0.3 is 0 Å². The van der Waals surface area contributed by atoms with Crippen molar-refractivity contribution < 1.29 is 0 Å². The Bertz CT molecular complexity index is 551. The van der Waals surface area contributed by atoms with E-state index in [4.69, 9.17) is 0 Å². The smallest absolute Gasteiger partial charge is 0.268 e. The van der Waals surface area contributed by atoms with Crippen molar-refractivity contribution in [2.45, 2.75) is 38.1 Å². The molecule has 1 fully saturated rings. The maximum absolute atomic E-state index is 12.2. The van der Waals surface area contributed by atoms with Gasteiger partial charge in [0.1, 0.15) is 4.83 Å². The van der Waals surface area contributed by atoms with Crippen LogP contribution in [-0.4, -0.2) is 8.94 Å². The van der Waals surface area contributed by atoms with E-state index < -0.39 is 0 Å². The number of rotatable bonds is 1. The van der Waals surface area contributed by atoms with E-state index in [0.29, 0.717) is 6.04 Å². The van der Waals surface area contributed by atoms with Crippen LogP contribution in [0.1, 0.15) is 38.1 Å². The molecule has 0 saturated heterocycles. The third-order valence-corrected chi connectivity index (χ3v) is 4.45. The van der Waals surface area contributed by atoms with Crippen molar-refractivity contribution in [1.29, 1.82) is 0 Å². The third kappa shape index (κ3) is 1.57. The van der Waals surface area contributed by atoms with Crippen LogP contribution >= 0.6 is 11.5 Å². The summed E-state index contributed by atoms with van der Waals surface area (Å²) in [6.45, 7) is 0. The van der Waals surface area contributed by atoms with E-state index in [2.05, 4.69) is 4.98 Å².